The fraction of sp³-hybridized carbons (Fsp3) is 0.273. The lowest BCUT2D eigenvalue weighted by molar-refractivity contribution is 0.249. The maximum absolute atomic E-state index is 14.1. The van der Waals surface area contributed by atoms with E-state index in [0.717, 1.165) is 22.5 Å². The maximum atomic E-state index is 14.1. The highest BCUT2D eigenvalue weighted by Crippen LogP contribution is 2.33. The number of fused-ring (bicyclic) bond motifs is 1. The smallest absolute Gasteiger partial charge is 0.326 e. The number of urea groups is 1. The number of anilines is 2. The Kier molecular flexibility index (Phi) is 4.86. The molecule has 0 aliphatic carbocycles. The van der Waals surface area contributed by atoms with Crippen molar-refractivity contribution >= 4 is 23.6 Å². The minimum atomic E-state index is -0.511. The van der Waals surface area contributed by atoms with Crippen LogP contribution in [-0.4, -0.2) is 18.3 Å². The molecule has 4 rings (SSSR count). The van der Waals surface area contributed by atoms with E-state index in [9.17, 15) is 9.18 Å². The summed E-state index contributed by atoms with van der Waals surface area (Å²) in [5, 5.41) is 2.92. The lowest BCUT2D eigenvalue weighted by atomic mass is 10.1. The van der Waals surface area contributed by atoms with Crippen LogP contribution in [0.5, 0.6) is 5.75 Å². The first kappa shape index (κ1) is 18.2. The highest BCUT2D eigenvalue weighted by molar-refractivity contribution is 6.04. The number of rotatable bonds is 4. The molecule has 6 heteroatoms. The summed E-state index contributed by atoms with van der Waals surface area (Å²) < 4.78 is 20.0. The number of para-hydroxylation sites is 1. The van der Waals surface area contributed by atoms with Gasteiger partial charge in [-0.15, -0.1) is 0 Å². The number of hydrogen-bond acceptors (Lipinski definition) is 3. The second-order valence-electron chi connectivity index (χ2n) is 7.02. The van der Waals surface area contributed by atoms with E-state index in [1.54, 1.807) is 18.0 Å². The van der Waals surface area contributed by atoms with Gasteiger partial charge in [0.2, 0.25) is 0 Å². The molecule has 2 aromatic carbocycles. The van der Waals surface area contributed by atoms with Crippen molar-refractivity contribution in [3.8, 4) is 5.75 Å². The molecule has 2 heterocycles. The number of benzene rings is 2. The van der Waals surface area contributed by atoms with Gasteiger partial charge in [0.1, 0.15) is 23.4 Å². The average molecular weight is 379 g/mol. The van der Waals surface area contributed by atoms with Gasteiger partial charge in [-0.2, -0.15) is 0 Å². The van der Waals surface area contributed by atoms with Crippen molar-refractivity contribution in [3.05, 3.63) is 65.1 Å². The fourth-order valence-corrected chi connectivity index (χ4v) is 3.49. The van der Waals surface area contributed by atoms with Gasteiger partial charge in [-0.25, -0.2) is 9.18 Å². The monoisotopic (exact) mass is 379 g/mol. The second kappa shape index (κ2) is 7.46. The Morgan fingerprint density at radius 3 is 2.89 bits per heavy atom. The molecule has 1 N–H and O–H groups in total. The van der Waals surface area contributed by atoms with E-state index in [1.807, 2.05) is 49.4 Å². The van der Waals surface area contributed by atoms with Crippen LogP contribution in [0.3, 0.4) is 0 Å². The Hall–Kier alpha value is -3.15. The number of nitrogens with zero attached hydrogens (tertiary/aromatic N) is 2. The predicted molar refractivity (Wildman–Crippen MR) is 109 cm³/mol. The Morgan fingerprint density at radius 2 is 2.07 bits per heavy atom. The molecule has 0 saturated heterocycles. The summed E-state index contributed by atoms with van der Waals surface area (Å²) in [5.41, 5.74) is 3.93. The summed E-state index contributed by atoms with van der Waals surface area (Å²) in [4.78, 5) is 18.5. The molecule has 0 bridgehead atoms. The first-order chi connectivity index (χ1) is 13.5. The number of allylic oxidation sites excluding steroid dienone is 1. The molecule has 2 aliphatic rings. The van der Waals surface area contributed by atoms with Crippen molar-refractivity contribution in [1.29, 1.82) is 0 Å². The molecular weight excluding hydrogens is 357 g/mol. The fourth-order valence-electron chi connectivity index (χ4n) is 3.49. The van der Waals surface area contributed by atoms with Crippen LogP contribution in [0.25, 0.3) is 0 Å². The third kappa shape index (κ3) is 3.50. The van der Waals surface area contributed by atoms with Gasteiger partial charge in [0.15, 0.2) is 0 Å². The van der Waals surface area contributed by atoms with Gasteiger partial charge < -0.3 is 10.1 Å². The van der Waals surface area contributed by atoms with Crippen LogP contribution in [0.2, 0.25) is 0 Å². The van der Waals surface area contributed by atoms with Gasteiger partial charge in [0.25, 0.3) is 0 Å². The normalized spacial score (nSPS) is 17.2. The Morgan fingerprint density at radius 1 is 1.25 bits per heavy atom. The van der Waals surface area contributed by atoms with E-state index in [4.69, 9.17) is 4.74 Å². The molecule has 0 fully saturated rings. The maximum Gasteiger partial charge on any atom is 0.326 e. The molecule has 144 valence electrons. The average Bonchev–Trinajstić information content (AvgIpc) is 2.69. The van der Waals surface area contributed by atoms with E-state index in [-0.39, 0.29) is 11.9 Å². The van der Waals surface area contributed by atoms with Crippen LogP contribution in [0.1, 0.15) is 30.9 Å². The SMILES string of the molecule is Cc1ccc(OC(C)C2=C(F)CCC=N2)cc1N1Cc2ccccc2NC1=O. The molecule has 2 aromatic rings. The predicted octanol–water partition coefficient (Wildman–Crippen LogP) is 5.36. The molecule has 2 aliphatic heterocycles. The van der Waals surface area contributed by atoms with Gasteiger partial charge in [-0.3, -0.25) is 9.89 Å². The van der Waals surface area contributed by atoms with Gasteiger partial charge in [-0.05, 0) is 43.5 Å². The number of aryl methyl sites for hydroxylation is 1. The molecule has 1 atom stereocenters. The number of ether oxygens (including phenoxy) is 1. The molecule has 0 saturated carbocycles. The van der Waals surface area contributed by atoms with Gasteiger partial charge in [0.05, 0.1) is 12.2 Å². The van der Waals surface area contributed by atoms with E-state index in [0.29, 0.717) is 30.8 Å². The Balaban J connectivity index is 1.59. The van der Waals surface area contributed by atoms with Crippen LogP contribution in [0.4, 0.5) is 20.6 Å². The molecule has 0 spiro atoms. The summed E-state index contributed by atoms with van der Waals surface area (Å²) in [6.07, 6.45) is 2.18. The van der Waals surface area contributed by atoms with Crippen molar-refractivity contribution in [2.45, 2.75) is 39.3 Å². The Bertz CT molecular complexity index is 983. The summed E-state index contributed by atoms with van der Waals surface area (Å²) in [7, 11) is 0. The minimum Gasteiger partial charge on any atom is -0.484 e. The van der Waals surface area contributed by atoms with E-state index < -0.39 is 6.10 Å². The number of amides is 2. The summed E-state index contributed by atoms with van der Waals surface area (Å²) >= 11 is 0. The zero-order valence-electron chi connectivity index (χ0n) is 15.9. The second-order valence-corrected chi connectivity index (χ2v) is 7.02. The number of carbonyl (C=O) groups excluding carboxylic acids is 1. The van der Waals surface area contributed by atoms with Crippen LogP contribution in [0.15, 0.2) is 59.0 Å². The van der Waals surface area contributed by atoms with Crippen LogP contribution in [0, 0.1) is 6.92 Å². The lowest BCUT2D eigenvalue weighted by Crippen LogP contribution is -2.39. The van der Waals surface area contributed by atoms with Crippen molar-refractivity contribution in [2.24, 2.45) is 4.99 Å². The topological polar surface area (TPSA) is 53.9 Å². The number of nitrogens with one attached hydrogen (secondary N) is 1. The van der Waals surface area contributed by atoms with Gasteiger partial charge >= 0.3 is 6.03 Å². The van der Waals surface area contributed by atoms with Crippen LogP contribution >= 0.6 is 0 Å². The number of aliphatic imine (C=N–C) groups is 1. The van der Waals surface area contributed by atoms with E-state index >= 15 is 0 Å². The summed E-state index contributed by atoms with van der Waals surface area (Å²) in [6, 6.07) is 13.1. The molecule has 0 radical (unpaired) electrons. The van der Waals surface area contributed by atoms with Crippen molar-refractivity contribution in [3.63, 3.8) is 0 Å². The van der Waals surface area contributed by atoms with Crippen LogP contribution < -0.4 is 15.0 Å². The first-order valence-corrected chi connectivity index (χ1v) is 9.37. The quantitative estimate of drug-likeness (QED) is 0.777. The molecule has 28 heavy (non-hydrogen) atoms. The Labute approximate surface area is 163 Å². The van der Waals surface area contributed by atoms with Crippen molar-refractivity contribution in [1.82, 2.24) is 0 Å². The van der Waals surface area contributed by atoms with E-state index in [1.165, 1.54) is 0 Å². The number of halogens is 1. The third-order valence-electron chi connectivity index (χ3n) is 5.00. The van der Waals surface area contributed by atoms with Gasteiger partial charge in [0, 0.05) is 24.4 Å². The largest absolute Gasteiger partial charge is 0.484 e. The zero-order chi connectivity index (χ0) is 19.7. The highest BCUT2D eigenvalue weighted by Gasteiger charge is 2.25. The van der Waals surface area contributed by atoms with Crippen molar-refractivity contribution in [2.75, 3.05) is 10.2 Å². The molecule has 2 amide bonds. The van der Waals surface area contributed by atoms with Crippen LogP contribution in [-0.2, 0) is 6.54 Å². The molecule has 1 unspecified atom stereocenters. The van der Waals surface area contributed by atoms with Gasteiger partial charge in [-0.1, -0.05) is 24.3 Å². The standard InChI is InChI=1S/C22H22FN3O2/c1-14-9-10-17(28-15(2)21-18(23)7-5-11-24-21)12-20(14)26-13-16-6-3-4-8-19(16)25-22(26)27/h3-4,6,8-12,15H,5,7,13H2,1-2H3,(H,25,27). The molecule has 0 aromatic heterocycles. The number of hydrogen-bond donors (Lipinski definition) is 1. The lowest BCUT2D eigenvalue weighted by Gasteiger charge is -2.31. The molecular formula is C22H22FN3O2. The number of carbonyl (C=O) groups is 1. The minimum absolute atomic E-state index is 0.183. The first-order valence-electron chi connectivity index (χ1n) is 9.37. The highest BCUT2D eigenvalue weighted by atomic mass is 19.1. The van der Waals surface area contributed by atoms with E-state index in [2.05, 4.69) is 10.3 Å². The molecule has 5 nitrogen and oxygen atoms in total. The third-order valence-corrected chi connectivity index (χ3v) is 5.00. The summed E-state index contributed by atoms with van der Waals surface area (Å²) in [5.74, 6) is 0.343. The summed E-state index contributed by atoms with van der Waals surface area (Å²) in [6.45, 7) is 4.21. The zero-order valence-corrected chi connectivity index (χ0v) is 15.9. The van der Waals surface area contributed by atoms with Crippen molar-refractivity contribution < 1.29 is 13.9 Å².